The van der Waals surface area contributed by atoms with Crippen molar-refractivity contribution in [2.24, 2.45) is 5.92 Å². The first kappa shape index (κ1) is 18.2. The maximum absolute atomic E-state index is 12.7. The Balaban J connectivity index is 2.02. The molecule has 0 atom stereocenters. The summed E-state index contributed by atoms with van der Waals surface area (Å²) in [5.74, 6) is 0.442. The largest absolute Gasteiger partial charge is 0.341 e. The van der Waals surface area contributed by atoms with Crippen LogP contribution in [0.4, 0.5) is 0 Å². The van der Waals surface area contributed by atoms with Gasteiger partial charge in [-0.1, -0.05) is 26.0 Å². The molecule has 0 unspecified atom stereocenters. The summed E-state index contributed by atoms with van der Waals surface area (Å²) in [5, 5.41) is 0. The lowest BCUT2D eigenvalue weighted by Gasteiger charge is -2.25. The number of hydrogen-bond donors (Lipinski definition) is 0. The van der Waals surface area contributed by atoms with Crippen LogP contribution in [0.25, 0.3) is 0 Å². The third kappa shape index (κ3) is 4.46. The molecule has 5 heteroatoms. The number of rotatable bonds is 4. The molecule has 0 spiro atoms. The van der Waals surface area contributed by atoms with Gasteiger partial charge in [-0.15, -0.1) is 0 Å². The van der Waals surface area contributed by atoms with Gasteiger partial charge in [0.05, 0.1) is 5.56 Å². The smallest absolute Gasteiger partial charge is 0.254 e. The van der Waals surface area contributed by atoms with Crippen molar-refractivity contribution in [2.45, 2.75) is 33.1 Å². The first-order valence-corrected chi connectivity index (χ1v) is 9.48. The minimum Gasteiger partial charge on any atom is -0.341 e. The van der Waals surface area contributed by atoms with Crippen LogP contribution < -0.4 is 0 Å². The zero-order chi connectivity index (χ0) is 16.8. The summed E-state index contributed by atoms with van der Waals surface area (Å²) in [6.45, 7) is 6.87. The summed E-state index contributed by atoms with van der Waals surface area (Å²) in [4.78, 5) is 29.1. The van der Waals surface area contributed by atoms with Crippen LogP contribution in [0.15, 0.2) is 24.3 Å². The molecule has 0 aliphatic carbocycles. The molecule has 1 aliphatic heterocycles. The Morgan fingerprint density at radius 2 is 1.65 bits per heavy atom. The molecule has 2 amide bonds. The summed E-state index contributed by atoms with van der Waals surface area (Å²) < 4.78 is 0.976. The lowest BCUT2D eigenvalue weighted by Crippen LogP contribution is -2.40. The molecule has 1 saturated heterocycles. The highest BCUT2D eigenvalue weighted by Crippen LogP contribution is 2.17. The number of benzene rings is 1. The predicted molar refractivity (Wildman–Crippen MR) is 100 cm³/mol. The minimum absolute atomic E-state index is 0.0758. The zero-order valence-corrected chi connectivity index (χ0v) is 16.1. The summed E-state index contributed by atoms with van der Waals surface area (Å²) in [6, 6.07) is 7.67. The fraction of sp³-hybridized carbons (Fsp3) is 0.556. The number of hydrogen-bond acceptors (Lipinski definition) is 2. The van der Waals surface area contributed by atoms with E-state index in [0.29, 0.717) is 13.1 Å². The molecule has 4 nitrogen and oxygen atoms in total. The summed E-state index contributed by atoms with van der Waals surface area (Å²) in [6.07, 6.45) is 2.62. The van der Waals surface area contributed by atoms with E-state index >= 15 is 0 Å². The second kappa shape index (κ2) is 8.66. The molecule has 1 aromatic rings. The Kier molecular flexibility index (Phi) is 6.87. The average Bonchev–Trinajstić information content (AvgIpc) is 2.81. The molecule has 0 saturated carbocycles. The van der Waals surface area contributed by atoms with Gasteiger partial charge in [0.2, 0.25) is 5.91 Å². The van der Waals surface area contributed by atoms with E-state index in [1.165, 1.54) is 0 Å². The van der Waals surface area contributed by atoms with E-state index in [4.69, 9.17) is 0 Å². The van der Waals surface area contributed by atoms with Gasteiger partial charge in [0.1, 0.15) is 0 Å². The molecular formula is C18H25IN2O2. The molecule has 1 heterocycles. The second-order valence-electron chi connectivity index (χ2n) is 5.96. The molecule has 2 rings (SSSR count). The molecule has 23 heavy (non-hydrogen) atoms. The first-order valence-electron chi connectivity index (χ1n) is 8.41. The number of carbonyl (C=O) groups is 2. The van der Waals surface area contributed by atoms with Gasteiger partial charge in [0.25, 0.3) is 5.91 Å². The highest BCUT2D eigenvalue weighted by molar-refractivity contribution is 14.1. The van der Waals surface area contributed by atoms with Crippen LogP contribution in [0, 0.1) is 9.49 Å². The van der Waals surface area contributed by atoms with Crippen LogP contribution in [0.3, 0.4) is 0 Å². The van der Waals surface area contributed by atoms with Crippen LogP contribution >= 0.6 is 22.6 Å². The maximum Gasteiger partial charge on any atom is 0.254 e. The van der Waals surface area contributed by atoms with Crippen molar-refractivity contribution in [3.05, 3.63) is 33.4 Å². The van der Waals surface area contributed by atoms with Crippen molar-refractivity contribution in [1.29, 1.82) is 0 Å². The van der Waals surface area contributed by atoms with Crippen molar-refractivity contribution in [1.82, 2.24) is 9.80 Å². The number of nitrogens with zero attached hydrogens (tertiary/aromatic N) is 2. The van der Waals surface area contributed by atoms with Gasteiger partial charge in [-0.3, -0.25) is 9.59 Å². The predicted octanol–water partition coefficient (Wildman–Crippen LogP) is 3.40. The third-order valence-electron chi connectivity index (χ3n) is 4.53. The van der Waals surface area contributed by atoms with Crippen molar-refractivity contribution >= 4 is 34.4 Å². The molecule has 0 N–H and O–H groups in total. The molecular weight excluding hydrogens is 403 g/mol. The summed E-state index contributed by atoms with van der Waals surface area (Å²) >= 11 is 2.20. The SMILES string of the molecule is CCC(CC)C(=O)N1CCCN(C(=O)c2ccccc2I)CC1. The first-order chi connectivity index (χ1) is 11.1. The van der Waals surface area contributed by atoms with E-state index in [1.54, 1.807) is 0 Å². The maximum atomic E-state index is 12.7. The topological polar surface area (TPSA) is 40.6 Å². The van der Waals surface area contributed by atoms with Crippen LogP contribution in [0.2, 0.25) is 0 Å². The number of carbonyl (C=O) groups excluding carboxylic acids is 2. The quantitative estimate of drug-likeness (QED) is 0.690. The normalized spacial score (nSPS) is 15.7. The summed E-state index contributed by atoms with van der Waals surface area (Å²) in [7, 11) is 0. The summed E-state index contributed by atoms with van der Waals surface area (Å²) in [5.41, 5.74) is 0.757. The van der Waals surface area contributed by atoms with E-state index in [-0.39, 0.29) is 17.7 Å². The van der Waals surface area contributed by atoms with E-state index in [1.807, 2.05) is 34.1 Å². The van der Waals surface area contributed by atoms with Crippen LogP contribution in [-0.2, 0) is 4.79 Å². The van der Waals surface area contributed by atoms with Gasteiger partial charge in [-0.2, -0.15) is 0 Å². The van der Waals surface area contributed by atoms with Gasteiger partial charge >= 0.3 is 0 Å². The highest BCUT2D eigenvalue weighted by Gasteiger charge is 2.26. The van der Waals surface area contributed by atoms with Crippen molar-refractivity contribution in [3.8, 4) is 0 Å². The lowest BCUT2D eigenvalue weighted by molar-refractivity contribution is -0.135. The fourth-order valence-corrected chi connectivity index (χ4v) is 3.66. The molecule has 1 aliphatic rings. The van der Waals surface area contributed by atoms with Gasteiger partial charge in [0.15, 0.2) is 0 Å². The van der Waals surface area contributed by atoms with Crippen molar-refractivity contribution in [3.63, 3.8) is 0 Å². The standard InChI is InChI=1S/C18H25IN2O2/c1-3-14(4-2)17(22)20-10-7-11-21(13-12-20)18(23)15-8-5-6-9-16(15)19/h5-6,8-9,14H,3-4,7,10-13H2,1-2H3. The Morgan fingerprint density at radius 1 is 1.04 bits per heavy atom. The Morgan fingerprint density at radius 3 is 2.30 bits per heavy atom. The van der Waals surface area contributed by atoms with Crippen LogP contribution in [0.5, 0.6) is 0 Å². The molecule has 0 radical (unpaired) electrons. The Labute approximate surface area is 152 Å². The van der Waals surface area contributed by atoms with E-state index < -0.39 is 0 Å². The molecule has 0 aromatic heterocycles. The molecule has 126 valence electrons. The van der Waals surface area contributed by atoms with Gasteiger partial charge in [0, 0.05) is 35.7 Å². The molecule has 1 aromatic carbocycles. The van der Waals surface area contributed by atoms with E-state index in [2.05, 4.69) is 36.4 Å². The van der Waals surface area contributed by atoms with Crippen molar-refractivity contribution in [2.75, 3.05) is 26.2 Å². The van der Waals surface area contributed by atoms with Gasteiger partial charge in [-0.25, -0.2) is 0 Å². The minimum atomic E-state index is 0.0758. The highest BCUT2D eigenvalue weighted by atomic mass is 127. The Bertz CT molecular complexity index is 558. The molecule has 0 bridgehead atoms. The monoisotopic (exact) mass is 428 g/mol. The van der Waals surface area contributed by atoms with Crippen LogP contribution in [-0.4, -0.2) is 47.8 Å². The van der Waals surface area contributed by atoms with Crippen molar-refractivity contribution < 1.29 is 9.59 Å². The Hall–Kier alpha value is -1.11. The van der Waals surface area contributed by atoms with E-state index in [0.717, 1.165) is 41.5 Å². The fourth-order valence-electron chi connectivity index (χ4n) is 3.04. The third-order valence-corrected chi connectivity index (χ3v) is 5.47. The average molecular weight is 428 g/mol. The van der Waals surface area contributed by atoms with Crippen LogP contribution in [0.1, 0.15) is 43.5 Å². The zero-order valence-electron chi connectivity index (χ0n) is 13.9. The number of halogens is 1. The van der Waals surface area contributed by atoms with Gasteiger partial charge in [-0.05, 0) is 54.0 Å². The molecule has 1 fully saturated rings. The van der Waals surface area contributed by atoms with E-state index in [9.17, 15) is 9.59 Å². The second-order valence-corrected chi connectivity index (χ2v) is 7.13. The van der Waals surface area contributed by atoms with Gasteiger partial charge < -0.3 is 9.80 Å². The lowest BCUT2D eigenvalue weighted by atomic mass is 10.0. The number of amides is 2.